The van der Waals surface area contributed by atoms with Gasteiger partial charge in [-0.05, 0) is 42.8 Å². The smallest absolute Gasteiger partial charge is 0.409 e. The van der Waals surface area contributed by atoms with Crippen LogP contribution in [0.25, 0.3) is 0 Å². The van der Waals surface area contributed by atoms with Crippen LogP contribution in [-0.4, -0.2) is 180 Å². The number of likely N-dealkylation sites (N-methyl/N-ethyl adjacent to an activating group) is 2. The molecule has 0 radical (unpaired) electrons. The molecular weight excluding hydrogens is 929 g/mol. The number of benzene rings is 2. The number of amides is 2. The van der Waals surface area contributed by atoms with Crippen LogP contribution in [0.2, 0.25) is 0 Å². The highest BCUT2D eigenvalue weighted by Gasteiger charge is 2.55. The number of aromatic nitrogens is 1. The zero-order valence-electron chi connectivity index (χ0n) is 38.3. The van der Waals surface area contributed by atoms with Gasteiger partial charge in [0.15, 0.2) is 31.2 Å². The first-order valence-corrected chi connectivity index (χ1v) is 24.3. The predicted molar refractivity (Wildman–Crippen MR) is 242 cm³/mol. The van der Waals surface area contributed by atoms with Crippen molar-refractivity contribution in [2.45, 2.75) is 92.1 Å². The van der Waals surface area contributed by atoms with Gasteiger partial charge in [-0.3, -0.25) is 19.3 Å². The van der Waals surface area contributed by atoms with Crippen molar-refractivity contribution < 1.29 is 77.2 Å². The molecule has 366 valence electrons. The molecule has 8 rings (SSSR count). The molecule has 3 fully saturated rings. The van der Waals surface area contributed by atoms with Gasteiger partial charge in [0.2, 0.25) is 11.6 Å². The Bertz CT molecular complexity index is 2430. The molecule has 20 nitrogen and oxygen atoms in total. The van der Waals surface area contributed by atoms with Crippen LogP contribution in [-0.2, 0) is 44.4 Å². The molecular formula is C46H54N4O16S2. The molecule has 2 aromatic carbocycles. The number of rotatable bonds is 15. The molecule has 3 N–H and O–H groups in total. The SMILES string of the molecule is COc1cccc2c1C(=O)c1c(O)c3c(c(O)c1C2=O)C[C@@](O)(C(=O)COC(=O)N(C)CCN(C)C(=O)OCC(C)SSc1ccccn1)C[C@@H]3O[C@H]1C[C@H]2[C@H](OC3[C@@H](OC)OCCN32)[C@H](C)O1. The normalized spacial score (nSPS) is 26.6. The molecule has 0 spiro atoms. The molecule has 2 unspecified atom stereocenters. The molecule has 4 heterocycles. The summed E-state index contributed by atoms with van der Waals surface area (Å²) in [6, 6.07) is 9.73. The Balaban J connectivity index is 0.976. The summed E-state index contributed by atoms with van der Waals surface area (Å²) in [5.41, 5.74) is -3.95. The Morgan fingerprint density at radius 2 is 1.71 bits per heavy atom. The highest BCUT2D eigenvalue weighted by atomic mass is 33.1. The van der Waals surface area contributed by atoms with Crippen LogP contribution < -0.4 is 4.74 Å². The summed E-state index contributed by atoms with van der Waals surface area (Å²) in [5.74, 6) is -3.91. The fraction of sp³-hybridized carbons (Fsp3) is 0.522. The number of carbonyl (C=O) groups excluding carboxylic acids is 5. The number of phenols is 2. The number of carbonyl (C=O) groups is 5. The number of Topliss-reactive ketones (excluding diaryl/α,β-unsaturated/α-hetero) is 1. The molecule has 22 heteroatoms. The number of nitrogens with zero attached hydrogens (tertiary/aromatic N) is 4. The Morgan fingerprint density at radius 1 is 0.971 bits per heavy atom. The van der Waals surface area contributed by atoms with Gasteiger partial charge in [0.1, 0.15) is 40.6 Å². The van der Waals surface area contributed by atoms with Crippen LogP contribution in [0.4, 0.5) is 9.59 Å². The molecule has 2 amide bonds. The van der Waals surface area contributed by atoms with E-state index in [1.807, 2.05) is 25.1 Å². The van der Waals surface area contributed by atoms with Crippen molar-refractivity contribution in [3.05, 3.63) is 76.0 Å². The summed E-state index contributed by atoms with van der Waals surface area (Å²) in [6.45, 7) is 3.89. The molecule has 1 aromatic heterocycles. The average molecular weight is 983 g/mol. The molecule has 3 saturated heterocycles. The Morgan fingerprint density at radius 3 is 2.41 bits per heavy atom. The van der Waals surface area contributed by atoms with Crippen molar-refractivity contribution >= 4 is 51.1 Å². The topological polar surface area (TPSA) is 242 Å². The van der Waals surface area contributed by atoms with E-state index in [-0.39, 0.29) is 65.4 Å². The highest BCUT2D eigenvalue weighted by molar-refractivity contribution is 8.76. The van der Waals surface area contributed by atoms with Gasteiger partial charge < -0.3 is 63.0 Å². The number of phenolic OH excluding ortho intramolecular Hbond substituents is 2. The van der Waals surface area contributed by atoms with Crippen molar-refractivity contribution in [1.82, 2.24) is 19.7 Å². The number of morpholine rings is 1. The third kappa shape index (κ3) is 9.62. The van der Waals surface area contributed by atoms with Gasteiger partial charge in [-0.25, -0.2) is 14.6 Å². The summed E-state index contributed by atoms with van der Waals surface area (Å²) >= 11 is 0. The van der Waals surface area contributed by atoms with Crippen molar-refractivity contribution in [2.75, 3.05) is 67.8 Å². The van der Waals surface area contributed by atoms with E-state index in [9.17, 15) is 39.3 Å². The number of pyridine rings is 1. The summed E-state index contributed by atoms with van der Waals surface area (Å²) in [7, 11) is 8.75. The van der Waals surface area contributed by atoms with Crippen LogP contribution in [0.15, 0.2) is 47.6 Å². The van der Waals surface area contributed by atoms with Gasteiger partial charge in [0.05, 0.1) is 42.6 Å². The van der Waals surface area contributed by atoms with E-state index in [4.69, 9.17) is 37.9 Å². The summed E-state index contributed by atoms with van der Waals surface area (Å²) < 4.78 is 46.7. The third-order valence-corrected chi connectivity index (χ3v) is 15.6. The molecule has 3 aliphatic heterocycles. The lowest BCUT2D eigenvalue weighted by Crippen LogP contribution is -2.55. The maximum Gasteiger partial charge on any atom is 0.409 e. The Labute approximate surface area is 399 Å². The quantitative estimate of drug-likeness (QED) is 0.112. The summed E-state index contributed by atoms with van der Waals surface area (Å²) in [6.07, 6.45) is -5.40. The molecule has 5 aliphatic rings. The number of aliphatic hydroxyl groups is 1. The van der Waals surface area contributed by atoms with Crippen LogP contribution in [0.1, 0.15) is 75.8 Å². The first-order chi connectivity index (χ1) is 32.5. The fourth-order valence-corrected chi connectivity index (χ4v) is 11.1. The zero-order chi connectivity index (χ0) is 48.6. The van der Waals surface area contributed by atoms with Crippen molar-refractivity contribution in [3.63, 3.8) is 0 Å². The predicted octanol–water partition coefficient (Wildman–Crippen LogP) is 4.08. The number of ether oxygens (including phenoxy) is 8. The van der Waals surface area contributed by atoms with Crippen LogP contribution in [0.3, 0.4) is 0 Å². The maximum absolute atomic E-state index is 14.2. The van der Waals surface area contributed by atoms with Gasteiger partial charge in [-0.2, -0.15) is 0 Å². The molecule has 2 aliphatic carbocycles. The fourth-order valence-electron chi connectivity index (χ4n) is 9.25. The second-order valence-corrected chi connectivity index (χ2v) is 19.9. The van der Waals surface area contributed by atoms with E-state index in [1.54, 1.807) is 13.1 Å². The number of fused-ring (bicyclic) bond motifs is 6. The standard InChI is InChI=1S/C46H54N4O16S2/c1-23(67-68-31-12-7-8-13-47-31)21-62-44(56)48(3)14-15-49(4)45(57)63-22-30(51)46(58)19-26-34(40(55)36-35(38(26)53)37(52)25-10-9-11-28(59-5)33(25)39(36)54)29(20-46)65-32-18-27-41(24(2)64-32)66-42-43(60-6)61-17-16-50(27)42/h7-13,23-24,27,29,32,41-43,53,55,58H,14-22H2,1-6H3/t23?,24-,27-,29-,32-,41+,42?,43-,46-/m0/s1. The van der Waals surface area contributed by atoms with E-state index in [0.29, 0.717) is 13.2 Å². The molecule has 3 aromatic rings. The molecule has 9 atom stereocenters. The summed E-state index contributed by atoms with van der Waals surface area (Å²) in [4.78, 5) is 77.1. The number of ketones is 3. The lowest BCUT2D eigenvalue weighted by atomic mass is 9.72. The minimum Gasteiger partial charge on any atom is -0.507 e. The number of hydrogen-bond donors (Lipinski definition) is 3. The van der Waals surface area contributed by atoms with E-state index < -0.39 is 114 Å². The molecule has 68 heavy (non-hydrogen) atoms. The first-order valence-electron chi connectivity index (χ1n) is 22.0. The largest absolute Gasteiger partial charge is 0.507 e. The lowest BCUT2D eigenvalue weighted by molar-refractivity contribution is -0.256. The number of methoxy groups -OCH3 is 2. The number of hydrogen-bond acceptors (Lipinski definition) is 20. The van der Waals surface area contributed by atoms with Crippen molar-refractivity contribution in [2.24, 2.45) is 0 Å². The molecule has 0 saturated carbocycles. The van der Waals surface area contributed by atoms with Gasteiger partial charge >= 0.3 is 12.2 Å². The minimum atomic E-state index is -2.41. The Kier molecular flexibility index (Phi) is 14.9. The van der Waals surface area contributed by atoms with Gasteiger partial charge in [0, 0.05) is 94.3 Å². The van der Waals surface area contributed by atoms with Gasteiger partial charge in [-0.1, -0.05) is 29.0 Å². The van der Waals surface area contributed by atoms with Crippen LogP contribution in [0.5, 0.6) is 17.2 Å². The second kappa shape index (κ2) is 20.5. The monoisotopic (exact) mass is 982 g/mol. The third-order valence-electron chi connectivity index (χ3n) is 12.8. The summed E-state index contributed by atoms with van der Waals surface area (Å²) in [5, 5.41) is 37.1. The van der Waals surface area contributed by atoms with E-state index in [1.165, 1.54) is 73.0 Å². The minimum absolute atomic E-state index is 0.00392. The van der Waals surface area contributed by atoms with Gasteiger partial charge in [0.25, 0.3) is 0 Å². The van der Waals surface area contributed by atoms with Crippen molar-refractivity contribution in [3.8, 4) is 17.2 Å². The average Bonchev–Trinajstić information content (AvgIpc) is 3.72. The lowest BCUT2D eigenvalue weighted by Gasteiger charge is -2.43. The van der Waals surface area contributed by atoms with E-state index >= 15 is 0 Å². The van der Waals surface area contributed by atoms with E-state index in [0.717, 1.165) is 9.93 Å². The van der Waals surface area contributed by atoms with Gasteiger partial charge in [-0.15, -0.1) is 0 Å². The highest BCUT2D eigenvalue weighted by Crippen LogP contribution is 2.53. The van der Waals surface area contributed by atoms with Crippen LogP contribution in [0, 0.1) is 0 Å². The molecule has 0 bridgehead atoms. The number of aromatic hydroxyl groups is 2. The van der Waals surface area contributed by atoms with E-state index in [2.05, 4.69) is 9.88 Å². The van der Waals surface area contributed by atoms with Crippen molar-refractivity contribution in [1.29, 1.82) is 0 Å². The first kappa shape index (κ1) is 49.4. The maximum atomic E-state index is 14.2. The zero-order valence-corrected chi connectivity index (χ0v) is 39.9. The van der Waals surface area contributed by atoms with Crippen LogP contribution >= 0.6 is 21.6 Å². The Hall–Kier alpha value is -5.04. The second-order valence-electron chi connectivity index (χ2n) is 17.3.